The zero-order valence-electron chi connectivity index (χ0n) is 12.1. The summed E-state index contributed by atoms with van der Waals surface area (Å²) in [4.78, 5) is 27.4. The summed E-state index contributed by atoms with van der Waals surface area (Å²) in [6.45, 7) is 0.570. The summed E-state index contributed by atoms with van der Waals surface area (Å²) < 4.78 is 12.2. The minimum Gasteiger partial charge on any atom is -0.491 e. The summed E-state index contributed by atoms with van der Waals surface area (Å²) in [5.41, 5.74) is 1.34. The molecule has 0 unspecified atom stereocenters. The number of aryl methyl sites for hydroxylation is 2. The largest absolute Gasteiger partial charge is 0.491 e. The number of aromatic carboxylic acids is 1. The van der Waals surface area contributed by atoms with Gasteiger partial charge in [0.15, 0.2) is 11.2 Å². The lowest BCUT2D eigenvalue weighted by Crippen LogP contribution is -2.22. The molecule has 0 aromatic carbocycles. The smallest absolute Gasteiger partial charge is 0.341 e. The Balaban J connectivity index is 2.23. The van der Waals surface area contributed by atoms with Crippen LogP contribution < -0.4 is 14.9 Å². The molecule has 1 aliphatic heterocycles. The Morgan fingerprint density at radius 3 is 2.73 bits per heavy atom. The van der Waals surface area contributed by atoms with Crippen LogP contribution in [0.25, 0.3) is 11.4 Å². The molecule has 3 rings (SSSR count). The van der Waals surface area contributed by atoms with Gasteiger partial charge in [-0.3, -0.25) is 4.79 Å². The SMILES string of the molecule is COc1cc2c(nc1OC)-c1cc(=O)c(C(=O)O)cn1CC2. The highest BCUT2D eigenvalue weighted by atomic mass is 16.5. The molecule has 0 saturated carbocycles. The van der Waals surface area contributed by atoms with Crippen molar-refractivity contribution < 1.29 is 19.4 Å². The molecule has 7 nitrogen and oxygen atoms in total. The third-order valence-corrected chi connectivity index (χ3v) is 3.67. The van der Waals surface area contributed by atoms with E-state index in [0.717, 1.165) is 5.56 Å². The fraction of sp³-hybridized carbons (Fsp3) is 0.267. The van der Waals surface area contributed by atoms with E-state index in [1.165, 1.54) is 26.5 Å². The van der Waals surface area contributed by atoms with Crippen molar-refractivity contribution in [3.63, 3.8) is 0 Å². The molecule has 0 amide bonds. The van der Waals surface area contributed by atoms with Crippen LogP contribution in [0.2, 0.25) is 0 Å². The number of hydrogen-bond acceptors (Lipinski definition) is 5. The summed E-state index contributed by atoms with van der Waals surface area (Å²) in [6, 6.07) is 3.14. The van der Waals surface area contributed by atoms with Crippen LogP contribution in [0, 0.1) is 0 Å². The zero-order valence-corrected chi connectivity index (χ0v) is 12.1. The Labute approximate surface area is 125 Å². The number of carboxylic acid groups (broad SMARTS) is 1. The average molecular weight is 302 g/mol. The molecule has 3 heterocycles. The summed E-state index contributed by atoms with van der Waals surface area (Å²) in [5, 5.41) is 9.05. The first-order chi connectivity index (χ1) is 10.5. The van der Waals surface area contributed by atoms with E-state index < -0.39 is 11.4 Å². The molecule has 0 spiro atoms. The zero-order chi connectivity index (χ0) is 15.9. The molecule has 2 aromatic heterocycles. The molecular weight excluding hydrogens is 288 g/mol. The molecule has 22 heavy (non-hydrogen) atoms. The highest BCUT2D eigenvalue weighted by Gasteiger charge is 2.23. The van der Waals surface area contributed by atoms with Crippen molar-refractivity contribution >= 4 is 5.97 Å². The fourth-order valence-electron chi connectivity index (χ4n) is 2.59. The van der Waals surface area contributed by atoms with Gasteiger partial charge in [0.2, 0.25) is 0 Å². The number of carbonyl (C=O) groups is 1. The Kier molecular flexibility index (Phi) is 3.32. The number of fused-ring (bicyclic) bond motifs is 3. The minimum absolute atomic E-state index is 0.243. The lowest BCUT2D eigenvalue weighted by molar-refractivity contribution is 0.0694. The van der Waals surface area contributed by atoms with E-state index in [-0.39, 0.29) is 5.56 Å². The van der Waals surface area contributed by atoms with Gasteiger partial charge in [-0.1, -0.05) is 0 Å². The van der Waals surface area contributed by atoms with Gasteiger partial charge in [-0.25, -0.2) is 9.78 Å². The van der Waals surface area contributed by atoms with E-state index in [1.54, 1.807) is 4.57 Å². The summed E-state index contributed by atoms with van der Waals surface area (Å²) >= 11 is 0. The number of nitrogens with zero attached hydrogens (tertiary/aromatic N) is 2. The topological polar surface area (TPSA) is 90.7 Å². The van der Waals surface area contributed by atoms with Crippen LogP contribution in [-0.2, 0) is 13.0 Å². The van der Waals surface area contributed by atoms with Crippen molar-refractivity contribution in [1.29, 1.82) is 0 Å². The molecule has 1 N–H and O–H groups in total. The first kappa shape index (κ1) is 14.1. The Morgan fingerprint density at radius 1 is 1.32 bits per heavy atom. The van der Waals surface area contributed by atoms with Crippen LogP contribution in [0.1, 0.15) is 15.9 Å². The quantitative estimate of drug-likeness (QED) is 0.915. The van der Waals surface area contributed by atoms with E-state index in [0.29, 0.717) is 36.0 Å². The monoisotopic (exact) mass is 302 g/mol. The van der Waals surface area contributed by atoms with Crippen molar-refractivity contribution in [2.24, 2.45) is 0 Å². The molecule has 0 saturated heterocycles. The number of aromatic nitrogens is 2. The van der Waals surface area contributed by atoms with Gasteiger partial charge in [-0.2, -0.15) is 0 Å². The van der Waals surface area contributed by atoms with Crippen molar-refractivity contribution in [3.8, 4) is 23.0 Å². The van der Waals surface area contributed by atoms with Crippen molar-refractivity contribution in [2.45, 2.75) is 13.0 Å². The van der Waals surface area contributed by atoms with Crippen molar-refractivity contribution in [2.75, 3.05) is 14.2 Å². The highest BCUT2D eigenvalue weighted by Crippen LogP contribution is 2.34. The standard InChI is InChI=1S/C15H14N2O5/c1-21-12-5-8-3-4-17-7-9(15(19)20)11(18)6-10(17)13(8)16-14(12)22-2/h5-7H,3-4H2,1-2H3,(H,19,20). The van der Waals surface area contributed by atoms with E-state index >= 15 is 0 Å². The second-order valence-corrected chi connectivity index (χ2v) is 4.89. The molecule has 114 valence electrons. The normalized spacial score (nSPS) is 12.3. The van der Waals surface area contributed by atoms with Gasteiger partial charge in [0.25, 0.3) is 5.88 Å². The molecule has 0 aliphatic carbocycles. The number of carboxylic acids is 1. The fourth-order valence-corrected chi connectivity index (χ4v) is 2.59. The van der Waals surface area contributed by atoms with Gasteiger partial charge in [0.05, 0.1) is 25.6 Å². The molecular formula is C15H14N2O5. The summed E-state index contributed by atoms with van der Waals surface area (Å²) in [5.74, 6) is -0.380. The first-order valence-corrected chi connectivity index (χ1v) is 6.65. The van der Waals surface area contributed by atoms with Gasteiger partial charge in [0.1, 0.15) is 5.56 Å². The van der Waals surface area contributed by atoms with E-state index in [4.69, 9.17) is 14.6 Å². The number of hydrogen-bond donors (Lipinski definition) is 1. The number of pyridine rings is 2. The Morgan fingerprint density at radius 2 is 2.09 bits per heavy atom. The maximum Gasteiger partial charge on any atom is 0.341 e. The predicted molar refractivity (Wildman–Crippen MR) is 77.7 cm³/mol. The molecule has 0 fully saturated rings. The van der Waals surface area contributed by atoms with Gasteiger partial charge >= 0.3 is 5.97 Å². The predicted octanol–water partition coefficient (Wildman–Crippen LogP) is 1.18. The van der Waals surface area contributed by atoms with Gasteiger partial charge < -0.3 is 19.1 Å². The van der Waals surface area contributed by atoms with Crippen molar-refractivity contribution in [1.82, 2.24) is 9.55 Å². The lowest BCUT2D eigenvalue weighted by Gasteiger charge is -2.22. The van der Waals surface area contributed by atoms with Crippen molar-refractivity contribution in [3.05, 3.63) is 39.7 Å². The third-order valence-electron chi connectivity index (χ3n) is 3.67. The number of ether oxygens (including phenoxy) is 2. The number of rotatable bonds is 3. The van der Waals surface area contributed by atoms with Gasteiger partial charge in [-0.15, -0.1) is 0 Å². The van der Waals surface area contributed by atoms with Crippen LogP contribution in [0.3, 0.4) is 0 Å². The average Bonchev–Trinajstić information content (AvgIpc) is 2.52. The Bertz CT molecular complexity index is 825. The van der Waals surface area contributed by atoms with Crippen LogP contribution in [0.15, 0.2) is 23.1 Å². The second-order valence-electron chi connectivity index (χ2n) is 4.89. The molecule has 0 radical (unpaired) electrons. The third kappa shape index (κ3) is 2.11. The van der Waals surface area contributed by atoms with Crippen LogP contribution in [-0.4, -0.2) is 34.8 Å². The van der Waals surface area contributed by atoms with Gasteiger partial charge in [0, 0.05) is 18.8 Å². The summed E-state index contributed by atoms with van der Waals surface area (Å²) in [6.07, 6.45) is 2.03. The summed E-state index contributed by atoms with van der Waals surface area (Å²) in [7, 11) is 3.02. The molecule has 2 aromatic rings. The molecule has 0 atom stereocenters. The second kappa shape index (κ2) is 5.18. The van der Waals surface area contributed by atoms with E-state index in [1.807, 2.05) is 6.07 Å². The number of methoxy groups -OCH3 is 2. The van der Waals surface area contributed by atoms with E-state index in [9.17, 15) is 9.59 Å². The molecule has 7 heteroatoms. The Hall–Kier alpha value is -2.83. The maximum atomic E-state index is 11.9. The lowest BCUT2D eigenvalue weighted by atomic mass is 10.0. The highest BCUT2D eigenvalue weighted by molar-refractivity contribution is 5.87. The maximum absolute atomic E-state index is 11.9. The first-order valence-electron chi connectivity index (χ1n) is 6.65. The van der Waals surface area contributed by atoms with Gasteiger partial charge in [-0.05, 0) is 18.1 Å². The molecule has 1 aliphatic rings. The van der Waals surface area contributed by atoms with Crippen LogP contribution in [0.4, 0.5) is 0 Å². The van der Waals surface area contributed by atoms with E-state index in [2.05, 4.69) is 4.98 Å². The van der Waals surface area contributed by atoms with Crippen LogP contribution in [0.5, 0.6) is 11.6 Å². The minimum atomic E-state index is -1.23. The van der Waals surface area contributed by atoms with Crippen LogP contribution >= 0.6 is 0 Å². The molecule has 0 bridgehead atoms.